The second-order valence-corrected chi connectivity index (χ2v) is 7.14. The van der Waals surface area contributed by atoms with Gasteiger partial charge in [-0.25, -0.2) is 9.37 Å². The van der Waals surface area contributed by atoms with Crippen LogP contribution in [-0.4, -0.2) is 41.2 Å². The van der Waals surface area contributed by atoms with Gasteiger partial charge in [0, 0.05) is 11.8 Å². The van der Waals surface area contributed by atoms with Crippen molar-refractivity contribution < 1.29 is 40.7 Å². The van der Waals surface area contributed by atoms with Crippen LogP contribution in [0.2, 0.25) is 0 Å². The molecule has 0 aliphatic carbocycles. The Morgan fingerprint density at radius 2 is 1.87 bits per heavy atom. The molecular weight excluding hydrogens is 434 g/mol. The van der Waals surface area contributed by atoms with Gasteiger partial charge in [0.2, 0.25) is 0 Å². The van der Waals surface area contributed by atoms with Crippen LogP contribution in [0.4, 0.5) is 26.3 Å². The summed E-state index contributed by atoms with van der Waals surface area (Å²) < 4.78 is 89.9. The number of ether oxygens (including phenoxy) is 2. The summed E-state index contributed by atoms with van der Waals surface area (Å²) in [7, 11) is 0. The predicted molar refractivity (Wildman–Crippen MR) is 93.7 cm³/mol. The van der Waals surface area contributed by atoms with Crippen molar-refractivity contribution in [1.82, 2.24) is 10.0 Å². The first kappa shape index (κ1) is 22.8. The Labute approximate surface area is 172 Å². The molecule has 13 heteroatoms. The monoisotopic (exact) mass is 452 g/mol. The van der Waals surface area contributed by atoms with Crippen LogP contribution in [0.1, 0.15) is 26.3 Å². The van der Waals surface area contributed by atoms with Crippen molar-refractivity contribution in [3.8, 4) is 5.88 Å². The van der Waals surface area contributed by atoms with Gasteiger partial charge in [-0.15, -0.1) is 10.2 Å². The van der Waals surface area contributed by atoms with Gasteiger partial charge in [-0.2, -0.15) is 27.0 Å². The van der Waals surface area contributed by atoms with E-state index in [1.54, 1.807) is 13.8 Å². The lowest BCUT2D eigenvalue weighted by atomic mass is 10.2. The van der Waals surface area contributed by atoms with E-state index < -0.39 is 36.3 Å². The zero-order valence-corrected chi connectivity index (χ0v) is 16.5. The van der Waals surface area contributed by atoms with Gasteiger partial charge in [-0.1, -0.05) is 13.8 Å². The van der Waals surface area contributed by atoms with Crippen LogP contribution in [-0.2, 0) is 9.57 Å². The molecule has 0 aromatic carbocycles. The quantitative estimate of drug-likeness (QED) is 0.543. The van der Waals surface area contributed by atoms with E-state index in [1.807, 2.05) is 0 Å². The Bertz CT molecular complexity index is 916. The molecule has 2 aliphatic rings. The number of allylic oxidation sites excluding steroid dienone is 2. The molecule has 0 saturated carbocycles. The molecule has 7 nitrogen and oxygen atoms in total. The van der Waals surface area contributed by atoms with E-state index in [2.05, 4.69) is 24.7 Å². The maximum atomic E-state index is 14.4. The van der Waals surface area contributed by atoms with Crippen molar-refractivity contribution in [2.45, 2.75) is 45.3 Å². The third-order valence-corrected chi connectivity index (χ3v) is 4.05. The fourth-order valence-electron chi connectivity index (χ4n) is 2.41. The van der Waals surface area contributed by atoms with Crippen LogP contribution in [0.5, 0.6) is 5.88 Å². The molecule has 0 spiro atoms. The normalized spacial score (nSPS) is 19.7. The molecule has 0 fully saturated rings. The minimum atomic E-state index is -4.70. The maximum absolute atomic E-state index is 14.4. The lowest BCUT2D eigenvalue weighted by Gasteiger charge is -2.31. The third kappa shape index (κ3) is 5.09. The number of nitrogens with zero attached hydrogens (tertiary/aromatic N) is 4. The molecule has 1 unspecified atom stereocenters. The van der Waals surface area contributed by atoms with Gasteiger partial charge in [-0.3, -0.25) is 0 Å². The molecular formula is C18H18F6N4O3. The second kappa shape index (κ2) is 8.36. The van der Waals surface area contributed by atoms with Crippen LogP contribution >= 0.6 is 0 Å². The van der Waals surface area contributed by atoms with Gasteiger partial charge in [0.05, 0.1) is 6.61 Å². The summed E-state index contributed by atoms with van der Waals surface area (Å²) in [6, 6.07) is 0.808. The number of halogens is 6. The van der Waals surface area contributed by atoms with Crippen molar-refractivity contribution in [2.75, 3.05) is 6.61 Å². The zero-order valence-electron chi connectivity index (χ0n) is 16.5. The van der Waals surface area contributed by atoms with E-state index in [4.69, 9.17) is 4.84 Å². The SMILES string of the molecule is CC(C)COC(F)(F)C1N=NC2=CC=C(c3cnc(O[C@H](C)C(F)(F)F)c(F)c3)ON21. The van der Waals surface area contributed by atoms with Gasteiger partial charge in [0.15, 0.2) is 23.5 Å². The first-order chi connectivity index (χ1) is 14.4. The molecule has 0 radical (unpaired) electrons. The van der Waals surface area contributed by atoms with Crippen molar-refractivity contribution in [3.05, 3.63) is 41.6 Å². The van der Waals surface area contributed by atoms with E-state index in [0.29, 0.717) is 12.0 Å². The molecule has 1 aromatic heterocycles. The third-order valence-electron chi connectivity index (χ3n) is 4.05. The number of hydrogen-bond acceptors (Lipinski definition) is 7. The lowest BCUT2D eigenvalue weighted by molar-refractivity contribution is -0.298. The number of rotatable bonds is 7. The standard InChI is InChI=1S/C18H18F6N4O3/c1-9(2)8-29-18(23,24)16-27-26-14-5-4-13(31-28(14)16)11-6-12(19)15(25-7-11)30-10(3)17(20,21)22/h4-7,9-10,16H,8H2,1-3H3/t10-,16?/m1/s1. The molecule has 3 heterocycles. The Hall–Kier alpha value is -2.83. The number of azo groups is 1. The predicted octanol–water partition coefficient (Wildman–Crippen LogP) is 5.04. The fourth-order valence-corrected chi connectivity index (χ4v) is 2.41. The average Bonchev–Trinajstić information content (AvgIpc) is 3.11. The molecule has 1 aromatic rings. The summed E-state index contributed by atoms with van der Waals surface area (Å²) in [5.74, 6) is -2.35. The van der Waals surface area contributed by atoms with Crippen LogP contribution in [0.25, 0.3) is 5.76 Å². The summed E-state index contributed by atoms with van der Waals surface area (Å²) in [6.45, 7) is 3.86. The molecule has 3 rings (SSSR count). The summed E-state index contributed by atoms with van der Waals surface area (Å²) in [6.07, 6.45) is -9.06. The second-order valence-electron chi connectivity index (χ2n) is 7.14. The number of aromatic nitrogens is 1. The van der Waals surface area contributed by atoms with E-state index in [9.17, 15) is 26.3 Å². The number of pyridine rings is 1. The highest BCUT2D eigenvalue weighted by molar-refractivity contribution is 5.62. The van der Waals surface area contributed by atoms with E-state index in [0.717, 1.165) is 12.3 Å². The summed E-state index contributed by atoms with van der Waals surface area (Å²) in [5, 5.41) is 7.79. The largest absolute Gasteiger partial charge is 0.463 e. The van der Waals surface area contributed by atoms with Gasteiger partial charge in [-0.05, 0) is 31.1 Å². The van der Waals surface area contributed by atoms with E-state index in [-0.39, 0.29) is 29.7 Å². The molecule has 0 N–H and O–H groups in total. The van der Waals surface area contributed by atoms with Gasteiger partial charge < -0.3 is 14.3 Å². The molecule has 0 saturated heterocycles. The van der Waals surface area contributed by atoms with Crippen LogP contribution in [0, 0.1) is 11.7 Å². The van der Waals surface area contributed by atoms with Gasteiger partial charge in [0.1, 0.15) is 0 Å². The average molecular weight is 452 g/mol. The summed E-state index contributed by atoms with van der Waals surface area (Å²) in [5.41, 5.74) is -0.0307. The minimum absolute atomic E-state index is 0.0307. The lowest BCUT2D eigenvalue weighted by Crippen LogP contribution is -2.45. The van der Waals surface area contributed by atoms with E-state index in [1.165, 1.54) is 12.2 Å². The molecule has 0 bridgehead atoms. The Kier molecular flexibility index (Phi) is 6.16. The van der Waals surface area contributed by atoms with E-state index >= 15 is 0 Å². The molecule has 31 heavy (non-hydrogen) atoms. The van der Waals surface area contributed by atoms with Crippen LogP contribution in [0.15, 0.2) is 40.5 Å². The Morgan fingerprint density at radius 1 is 1.16 bits per heavy atom. The van der Waals surface area contributed by atoms with Crippen molar-refractivity contribution >= 4 is 5.76 Å². The topological polar surface area (TPSA) is 68.5 Å². The van der Waals surface area contributed by atoms with Crippen molar-refractivity contribution in [2.24, 2.45) is 16.1 Å². The number of hydrogen-bond donors (Lipinski definition) is 0. The van der Waals surface area contributed by atoms with Crippen molar-refractivity contribution in [3.63, 3.8) is 0 Å². The number of alkyl halides is 5. The Balaban J connectivity index is 1.76. The highest BCUT2D eigenvalue weighted by atomic mass is 19.4. The first-order valence-corrected chi connectivity index (χ1v) is 9.09. The summed E-state index contributed by atoms with van der Waals surface area (Å²) >= 11 is 0. The smallest absolute Gasteiger partial charge is 0.425 e. The van der Waals surface area contributed by atoms with Gasteiger partial charge in [0.25, 0.3) is 12.0 Å². The number of fused-ring (bicyclic) bond motifs is 1. The van der Waals surface area contributed by atoms with Gasteiger partial charge >= 0.3 is 12.3 Å². The van der Waals surface area contributed by atoms with Crippen LogP contribution in [0.3, 0.4) is 0 Å². The zero-order chi connectivity index (χ0) is 23.0. The fraction of sp³-hybridized carbons (Fsp3) is 0.500. The molecule has 0 amide bonds. The first-order valence-electron chi connectivity index (χ1n) is 9.09. The van der Waals surface area contributed by atoms with Crippen LogP contribution < -0.4 is 4.74 Å². The molecule has 170 valence electrons. The Morgan fingerprint density at radius 3 is 2.48 bits per heavy atom. The highest BCUT2D eigenvalue weighted by Gasteiger charge is 2.51. The minimum Gasteiger partial charge on any atom is -0.463 e. The molecule has 2 atom stereocenters. The van der Waals surface area contributed by atoms with Crippen molar-refractivity contribution in [1.29, 1.82) is 0 Å². The summed E-state index contributed by atoms with van der Waals surface area (Å²) in [4.78, 5) is 8.92. The number of hydroxylamine groups is 2. The molecule has 2 aliphatic heterocycles. The highest BCUT2D eigenvalue weighted by Crippen LogP contribution is 2.38. The maximum Gasteiger partial charge on any atom is 0.425 e.